The van der Waals surface area contributed by atoms with E-state index < -0.39 is 15.8 Å². The summed E-state index contributed by atoms with van der Waals surface area (Å²) in [4.78, 5) is 14.4. The fourth-order valence-corrected chi connectivity index (χ4v) is 6.16. The minimum Gasteiger partial charge on any atom is -0.356 e. The molecule has 1 aliphatic carbocycles. The van der Waals surface area contributed by atoms with E-state index in [1.165, 1.54) is 43.5 Å². The van der Waals surface area contributed by atoms with Crippen molar-refractivity contribution in [2.24, 2.45) is 4.40 Å². The van der Waals surface area contributed by atoms with Gasteiger partial charge in [-0.3, -0.25) is 0 Å². The Morgan fingerprint density at radius 1 is 1.00 bits per heavy atom. The molecule has 0 unspecified atom stereocenters. The second-order valence-electron chi connectivity index (χ2n) is 8.57. The largest absolute Gasteiger partial charge is 0.356 e. The summed E-state index contributed by atoms with van der Waals surface area (Å²) < 4.78 is 42.6. The van der Waals surface area contributed by atoms with Crippen molar-refractivity contribution in [1.82, 2.24) is 15.5 Å². The molecule has 1 saturated carbocycles. The van der Waals surface area contributed by atoms with Crippen LogP contribution in [0.5, 0.6) is 0 Å². The normalized spacial score (nSPS) is 22.4. The van der Waals surface area contributed by atoms with Gasteiger partial charge < -0.3 is 15.5 Å². The zero-order valence-corrected chi connectivity index (χ0v) is 18.5. The molecule has 31 heavy (non-hydrogen) atoms. The Kier molecular flexibility index (Phi) is 6.31. The van der Waals surface area contributed by atoms with Crippen LogP contribution in [0, 0.1) is 5.82 Å². The van der Waals surface area contributed by atoms with Crippen LogP contribution >= 0.6 is 0 Å². The number of amidine groups is 1. The van der Waals surface area contributed by atoms with Gasteiger partial charge in [-0.1, -0.05) is 31.4 Å². The lowest BCUT2D eigenvalue weighted by Crippen LogP contribution is -2.51. The number of nitrogens with zero attached hydrogens (tertiary/aromatic N) is 2. The van der Waals surface area contributed by atoms with Crippen LogP contribution in [0.1, 0.15) is 57.4 Å². The second-order valence-corrected chi connectivity index (χ2v) is 10.1. The Hall–Kier alpha value is -2.42. The Balaban J connectivity index is 1.37. The van der Waals surface area contributed by atoms with Gasteiger partial charge in [0, 0.05) is 30.7 Å². The van der Waals surface area contributed by atoms with Gasteiger partial charge in [0.05, 0.1) is 0 Å². The Labute approximate surface area is 182 Å². The number of hydrogen-bond acceptors (Lipinski definition) is 4. The van der Waals surface area contributed by atoms with Gasteiger partial charge in [-0.25, -0.2) is 9.18 Å². The van der Waals surface area contributed by atoms with Crippen molar-refractivity contribution in [3.05, 3.63) is 41.2 Å². The predicted octanol–water partition coefficient (Wildman–Crippen LogP) is 3.39. The molecule has 0 atom stereocenters. The van der Waals surface area contributed by atoms with E-state index in [4.69, 9.17) is 0 Å². The first-order valence-corrected chi connectivity index (χ1v) is 12.4. The summed E-state index contributed by atoms with van der Waals surface area (Å²) >= 11 is 0. The number of nitrogens with one attached hydrogen (secondary N) is 2. The van der Waals surface area contributed by atoms with E-state index in [9.17, 15) is 17.6 Å². The monoisotopic (exact) mass is 448 g/mol. The third-order valence-electron chi connectivity index (χ3n) is 6.32. The van der Waals surface area contributed by atoms with Crippen molar-refractivity contribution in [3.63, 3.8) is 0 Å². The van der Waals surface area contributed by atoms with Gasteiger partial charge in [-0.2, -0.15) is 8.42 Å². The molecule has 4 rings (SSSR count). The molecular weight excluding hydrogens is 419 g/mol. The van der Waals surface area contributed by atoms with Crippen molar-refractivity contribution in [2.45, 2.75) is 64.0 Å². The number of piperidine rings is 1. The first-order chi connectivity index (χ1) is 14.8. The van der Waals surface area contributed by atoms with Crippen LogP contribution in [0.25, 0.3) is 4.91 Å². The van der Waals surface area contributed by atoms with Gasteiger partial charge in [0.2, 0.25) is 0 Å². The van der Waals surface area contributed by atoms with Crippen molar-refractivity contribution in [3.8, 4) is 0 Å². The molecule has 7 nitrogen and oxygen atoms in total. The number of carbonyl (C=O) groups excluding carboxylic acids is 1. The minimum absolute atomic E-state index is 0.0549. The minimum atomic E-state index is -3.83. The van der Waals surface area contributed by atoms with Gasteiger partial charge in [0.25, 0.3) is 10.0 Å². The smallest absolute Gasteiger partial charge is 0.315 e. The molecule has 2 N–H and O–H groups in total. The molecule has 0 aromatic heterocycles. The lowest BCUT2D eigenvalue weighted by Gasteiger charge is -2.34. The van der Waals surface area contributed by atoms with Crippen LogP contribution in [-0.4, -0.2) is 50.4 Å². The first kappa shape index (κ1) is 21.8. The van der Waals surface area contributed by atoms with E-state index in [1.807, 2.05) is 4.90 Å². The number of sulfonamides is 1. The molecule has 2 aliphatic heterocycles. The highest BCUT2D eigenvalue weighted by Crippen LogP contribution is 2.34. The summed E-state index contributed by atoms with van der Waals surface area (Å²) in [6, 6.07) is 5.64. The highest BCUT2D eigenvalue weighted by molar-refractivity contribution is 8.00. The molecule has 1 aromatic rings. The summed E-state index contributed by atoms with van der Waals surface area (Å²) in [5, 5.41) is 6.14. The summed E-state index contributed by atoms with van der Waals surface area (Å²) in [6.07, 6.45) is 7.10. The van der Waals surface area contributed by atoms with Gasteiger partial charge >= 0.3 is 6.03 Å². The number of rotatable bonds is 3. The van der Waals surface area contributed by atoms with Gasteiger partial charge in [-0.15, -0.1) is 4.40 Å². The quantitative estimate of drug-likeness (QED) is 0.742. The summed E-state index contributed by atoms with van der Waals surface area (Å²) in [7, 11) is -3.83. The van der Waals surface area contributed by atoms with Gasteiger partial charge in [-0.05, 0) is 50.3 Å². The number of urea groups is 1. The fraction of sp³-hybridized carbons (Fsp3) is 0.545. The molecule has 2 fully saturated rings. The maximum atomic E-state index is 13.3. The standard InChI is InChI=1S/C22H29FN4O3S/c1-15-20(16-7-9-17(23)10-8-16)31(29,30)26-21(15)27-13-11-19(12-14-27)25-22(28)24-18-5-3-2-4-6-18/h7-10,18-19H,2-6,11-14H2,1H3,(H2,24,25,28). The van der Waals surface area contributed by atoms with Gasteiger partial charge in [0.1, 0.15) is 16.6 Å². The Bertz CT molecular complexity index is 990. The highest BCUT2D eigenvalue weighted by atomic mass is 32.2. The summed E-state index contributed by atoms with van der Waals surface area (Å²) in [6.45, 7) is 2.96. The maximum absolute atomic E-state index is 13.3. The second kappa shape index (κ2) is 8.98. The van der Waals surface area contributed by atoms with Crippen LogP contribution in [0.2, 0.25) is 0 Å². The van der Waals surface area contributed by atoms with Crippen LogP contribution in [0.4, 0.5) is 9.18 Å². The predicted molar refractivity (Wildman–Crippen MR) is 118 cm³/mol. The van der Waals surface area contributed by atoms with Crippen molar-refractivity contribution in [2.75, 3.05) is 13.1 Å². The summed E-state index contributed by atoms with van der Waals surface area (Å²) in [5.41, 5.74) is 1.02. The van der Waals surface area contributed by atoms with E-state index >= 15 is 0 Å². The lowest BCUT2D eigenvalue weighted by molar-refractivity contribution is 0.219. The molecule has 1 aromatic carbocycles. The number of hydrogen-bond donors (Lipinski definition) is 2. The topological polar surface area (TPSA) is 90.9 Å². The SMILES string of the molecule is CC1=C(c2ccc(F)cc2)S(=O)(=O)N=C1N1CCC(NC(=O)NC2CCCCC2)CC1. The average molecular weight is 449 g/mol. The fourth-order valence-electron chi connectivity index (χ4n) is 4.68. The maximum Gasteiger partial charge on any atom is 0.315 e. The molecule has 0 bridgehead atoms. The molecule has 0 spiro atoms. The third kappa shape index (κ3) is 4.92. The van der Waals surface area contributed by atoms with Crippen LogP contribution < -0.4 is 10.6 Å². The number of likely N-dealkylation sites (tertiary alicyclic amines) is 1. The van der Waals surface area contributed by atoms with Crippen molar-refractivity contribution in [1.29, 1.82) is 0 Å². The van der Waals surface area contributed by atoms with Crippen LogP contribution in [0.15, 0.2) is 34.2 Å². The van der Waals surface area contributed by atoms with E-state index in [1.54, 1.807) is 6.92 Å². The molecule has 3 aliphatic rings. The van der Waals surface area contributed by atoms with Crippen LogP contribution in [0.3, 0.4) is 0 Å². The third-order valence-corrected chi connectivity index (χ3v) is 7.79. The Morgan fingerprint density at radius 3 is 2.19 bits per heavy atom. The van der Waals surface area contributed by atoms with E-state index in [-0.39, 0.29) is 23.0 Å². The molecule has 2 amide bonds. The summed E-state index contributed by atoms with van der Waals surface area (Å²) in [5.74, 6) is 0.0325. The van der Waals surface area contributed by atoms with Crippen LogP contribution in [-0.2, 0) is 10.0 Å². The van der Waals surface area contributed by atoms with E-state index in [2.05, 4.69) is 15.0 Å². The lowest BCUT2D eigenvalue weighted by atomic mass is 9.96. The number of benzene rings is 1. The van der Waals surface area contributed by atoms with Crippen molar-refractivity contribution >= 4 is 26.8 Å². The highest BCUT2D eigenvalue weighted by Gasteiger charge is 2.35. The van der Waals surface area contributed by atoms with Crippen molar-refractivity contribution < 1.29 is 17.6 Å². The molecule has 9 heteroatoms. The zero-order chi connectivity index (χ0) is 22.0. The van der Waals surface area contributed by atoms with Gasteiger partial charge in [0.15, 0.2) is 0 Å². The zero-order valence-electron chi connectivity index (χ0n) is 17.7. The first-order valence-electron chi connectivity index (χ1n) is 11.0. The van der Waals surface area contributed by atoms with E-state index in [0.29, 0.717) is 30.1 Å². The molecule has 2 heterocycles. The number of carbonyl (C=O) groups is 1. The Morgan fingerprint density at radius 2 is 1.58 bits per heavy atom. The van der Waals surface area contributed by atoms with E-state index in [0.717, 1.165) is 25.7 Å². The molecule has 168 valence electrons. The average Bonchev–Trinajstić information content (AvgIpc) is 2.99. The number of halogens is 1. The number of amides is 2. The molecule has 1 saturated heterocycles. The molecule has 0 radical (unpaired) electrons. The molecular formula is C22H29FN4O3S.